The van der Waals surface area contributed by atoms with Crippen molar-refractivity contribution in [3.63, 3.8) is 0 Å². The highest BCUT2D eigenvalue weighted by Crippen LogP contribution is 2.35. The molecule has 0 bridgehead atoms. The molecule has 0 heterocycles. The Morgan fingerprint density at radius 1 is 0.970 bits per heavy atom. The van der Waals surface area contributed by atoms with Crippen molar-refractivity contribution in [2.24, 2.45) is 5.10 Å². The number of hydrazone groups is 1. The smallest absolute Gasteiger partial charge is 0.271 e. The minimum absolute atomic E-state index is 0.216. The SMILES string of the molecule is CCOc1ccc(C(=O)N/N=C/c2cc(Cl)c(OCc3ccccc3Cl)c(Cl)c2)cc1OC. The van der Waals surface area contributed by atoms with Crippen LogP contribution in [-0.2, 0) is 6.61 Å². The van der Waals surface area contributed by atoms with Crippen LogP contribution in [0.4, 0.5) is 0 Å². The van der Waals surface area contributed by atoms with Crippen molar-refractivity contribution in [1.82, 2.24) is 5.43 Å². The van der Waals surface area contributed by atoms with Crippen molar-refractivity contribution in [3.8, 4) is 17.2 Å². The molecule has 9 heteroatoms. The van der Waals surface area contributed by atoms with E-state index in [2.05, 4.69) is 10.5 Å². The summed E-state index contributed by atoms with van der Waals surface area (Å²) in [5.74, 6) is 0.936. The number of rotatable bonds is 9. The van der Waals surface area contributed by atoms with Crippen LogP contribution < -0.4 is 19.6 Å². The number of amides is 1. The van der Waals surface area contributed by atoms with Gasteiger partial charge in [0.15, 0.2) is 17.2 Å². The van der Waals surface area contributed by atoms with Crippen molar-refractivity contribution in [2.45, 2.75) is 13.5 Å². The molecule has 0 radical (unpaired) electrons. The summed E-state index contributed by atoms with van der Waals surface area (Å²) in [6.07, 6.45) is 1.43. The fourth-order valence-corrected chi connectivity index (χ4v) is 3.67. The molecule has 0 aliphatic heterocycles. The zero-order valence-electron chi connectivity index (χ0n) is 17.9. The molecule has 0 aliphatic rings. The Labute approximate surface area is 207 Å². The van der Waals surface area contributed by atoms with E-state index < -0.39 is 5.91 Å². The molecule has 0 aromatic heterocycles. The molecule has 1 amide bonds. The zero-order valence-corrected chi connectivity index (χ0v) is 20.2. The van der Waals surface area contributed by atoms with Gasteiger partial charge >= 0.3 is 0 Å². The van der Waals surface area contributed by atoms with E-state index in [1.165, 1.54) is 13.3 Å². The number of nitrogens with one attached hydrogen (secondary N) is 1. The van der Waals surface area contributed by atoms with E-state index >= 15 is 0 Å². The molecule has 0 aliphatic carbocycles. The average Bonchev–Trinajstić information content (AvgIpc) is 2.80. The number of benzene rings is 3. The van der Waals surface area contributed by atoms with Crippen LogP contribution >= 0.6 is 34.8 Å². The van der Waals surface area contributed by atoms with E-state index in [4.69, 9.17) is 49.0 Å². The Morgan fingerprint density at radius 3 is 2.36 bits per heavy atom. The van der Waals surface area contributed by atoms with Crippen LogP contribution in [0.3, 0.4) is 0 Å². The first-order valence-electron chi connectivity index (χ1n) is 9.92. The van der Waals surface area contributed by atoms with Crippen molar-refractivity contribution in [3.05, 3.63) is 86.4 Å². The van der Waals surface area contributed by atoms with Gasteiger partial charge in [-0.15, -0.1) is 0 Å². The second-order valence-electron chi connectivity index (χ2n) is 6.69. The number of methoxy groups -OCH3 is 1. The second-order valence-corrected chi connectivity index (χ2v) is 7.91. The Morgan fingerprint density at radius 2 is 1.70 bits per heavy atom. The monoisotopic (exact) mass is 506 g/mol. The molecule has 1 N–H and O–H groups in total. The van der Waals surface area contributed by atoms with E-state index in [1.807, 2.05) is 25.1 Å². The zero-order chi connectivity index (χ0) is 23.8. The maximum atomic E-state index is 12.4. The van der Waals surface area contributed by atoms with Crippen molar-refractivity contribution >= 4 is 46.9 Å². The van der Waals surface area contributed by atoms with Crippen molar-refractivity contribution in [2.75, 3.05) is 13.7 Å². The molecule has 0 saturated heterocycles. The maximum Gasteiger partial charge on any atom is 0.271 e. The lowest BCUT2D eigenvalue weighted by molar-refractivity contribution is 0.0954. The fourth-order valence-electron chi connectivity index (χ4n) is 2.87. The summed E-state index contributed by atoms with van der Waals surface area (Å²) < 4.78 is 16.5. The van der Waals surface area contributed by atoms with E-state index in [-0.39, 0.29) is 6.61 Å². The van der Waals surface area contributed by atoms with Crippen LogP contribution in [0.1, 0.15) is 28.4 Å². The molecule has 6 nitrogen and oxygen atoms in total. The van der Waals surface area contributed by atoms with Crippen molar-refractivity contribution < 1.29 is 19.0 Å². The molecule has 0 unspecified atom stereocenters. The van der Waals surface area contributed by atoms with Gasteiger partial charge in [0, 0.05) is 16.1 Å². The van der Waals surface area contributed by atoms with Gasteiger partial charge in [-0.3, -0.25) is 4.79 Å². The molecule has 3 aromatic rings. The first kappa shape index (κ1) is 24.7. The molecule has 3 aromatic carbocycles. The summed E-state index contributed by atoms with van der Waals surface area (Å²) in [7, 11) is 1.51. The van der Waals surface area contributed by atoms with Gasteiger partial charge in [0.05, 0.1) is 30.0 Å². The third kappa shape index (κ3) is 6.54. The minimum atomic E-state index is -0.413. The lowest BCUT2D eigenvalue weighted by Crippen LogP contribution is -2.17. The van der Waals surface area contributed by atoms with E-state index in [0.29, 0.717) is 50.1 Å². The maximum absolute atomic E-state index is 12.4. The lowest BCUT2D eigenvalue weighted by Gasteiger charge is -2.12. The Hall–Kier alpha value is -2.93. The summed E-state index contributed by atoms with van der Waals surface area (Å²) in [6.45, 7) is 2.57. The molecule has 0 fully saturated rings. The highest BCUT2D eigenvalue weighted by molar-refractivity contribution is 6.37. The Bertz CT molecular complexity index is 1150. The molecule has 172 valence electrons. The quantitative estimate of drug-likeness (QED) is 0.269. The standard InChI is InChI=1S/C24H21Cl3N2O4/c1-3-32-21-9-8-16(12-22(21)31-2)24(30)29-28-13-15-10-19(26)23(20(27)11-15)33-14-17-6-4-5-7-18(17)25/h4-13H,3,14H2,1-2H3,(H,29,30)/b28-13+. The summed E-state index contributed by atoms with van der Waals surface area (Å²) in [4.78, 5) is 12.4. The lowest BCUT2D eigenvalue weighted by atomic mass is 10.2. The van der Waals surface area contributed by atoms with Crippen molar-refractivity contribution in [1.29, 1.82) is 0 Å². The number of nitrogens with zero attached hydrogens (tertiary/aromatic N) is 1. The van der Waals surface area contributed by atoms with E-state index in [1.54, 1.807) is 36.4 Å². The number of carbonyl (C=O) groups excluding carboxylic acids is 1. The highest BCUT2D eigenvalue weighted by atomic mass is 35.5. The molecule has 3 rings (SSSR count). The second kappa shape index (κ2) is 11.8. The topological polar surface area (TPSA) is 69.2 Å². The van der Waals surface area contributed by atoms with Crippen LogP contribution in [0, 0.1) is 0 Å². The average molecular weight is 508 g/mol. The molecule has 33 heavy (non-hydrogen) atoms. The third-order valence-corrected chi connectivity index (χ3v) is 5.39. The number of ether oxygens (including phenoxy) is 3. The predicted octanol–water partition coefficient (Wildman–Crippen LogP) is 6.40. The van der Waals surface area contributed by atoms with E-state index in [9.17, 15) is 4.79 Å². The van der Waals surface area contributed by atoms with Gasteiger partial charge in [-0.05, 0) is 48.9 Å². The van der Waals surface area contributed by atoms with Gasteiger partial charge in [0.2, 0.25) is 0 Å². The summed E-state index contributed by atoms with van der Waals surface area (Å²) >= 11 is 18.8. The highest BCUT2D eigenvalue weighted by Gasteiger charge is 2.12. The van der Waals surface area contributed by atoms with Gasteiger partial charge in [0.25, 0.3) is 5.91 Å². The first-order valence-corrected chi connectivity index (χ1v) is 11.1. The Kier molecular flexibility index (Phi) is 8.83. The van der Waals surface area contributed by atoms with Gasteiger partial charge in [0.1, 0.15) is 6.61 Å². The third-order valence-electron chi connectivity index (χ3n) is 4.46. The van der Waals surface area contributed by atoms with Gasteiger partial charge in [-0.1, -0.05) is 53.0 Å². The molecule has 0 spiro atoms. The number of hydrogen-bond acceptors (Lipinski definition) is 5. The van der Waals surface area contributed by atoms with Crippen LogP contribution in [-0.4, -0.2) is 25.8 Å². The summed E-state index contributed by atoms with van der Waals surface area (Å²) in [6, 6.07) is 15.5. The normalized spacial score (nSPS) is 10.8. The van der Waals surface area contributed by atoms with Gasteiger partial charge < -0.3 is 14.2 Å². The summed E-state index contributed by atoms with van der Waals surface area (Å²) in [5.41, 5.74) is 4.22. The van der Waals surface area contributed by atoms with Crippen LogP contribution in [0.2, 0.25) is 15.1 Å². The summed E-state index contributed by atoms with van der Waals surface area (Å²) in [5, 5.41) is 5.18. The number of halogens is 3. The molecular formula is C24H21Cl3N2O4. The fraction of sp³-hybridized carbons (Fsp3) is 0.167. The minimum Gasteiger partial charge on any atom is -0.493 e. The van der Waals surface area contributed by atoms with E-state index in [0.717, 1.165) is 5.56 Å². The Balaban J connectivity index is 1.65. The largest absolute Gasteiger partial charge is 0.493 e. The molecule has 0 saturated carbocycles. The van der Waals surface area contributed by atoms with Crippen LogP contribution in [0.25, 0.3) is 0 Å². The predicted molar refractivity (Wildman–Crippen MR) is 131 cm³/mol. The molecular weight excluding hydrogens is 487 g/mol. The molecule has 0 atom stereocenters. The first-order chi connectivity index (χ1) is 15.9. The number of hydrogen-bond donors (Lipinski definition) is 1. The van der Waals surface area contributed by atoms with Crippen LogP contribution in [0.5, 0.6) is 17.2 Å². The number of carbonyl (C=O) groups is 1. The van der Waals surface area contributed by atoms with Gasteiger partial charge in [-0.25, -0.2) is 5.43 Å². The van der Waals surface area contributed by atoms with Gasteiger partial charge in [-0.2, -0.15) is 5.10 Å². The van der Waals surface area contributed by atoms with Crippen LogP contribution in [0.15, 0.2) is 59.7 Å².